The van der Waals surface area contributed by atoms with Crippen LogP contribution in [0.5, 0.6) is 0 Å². The molecule has 2 aromatic carbocycles. The molecule has 1 aliphatic heterocycles. The van der Waals surface area contributed by atoms with Crippen molar-refractivity contribution in [3.8, 4) is 0 Å². The van der Waals surface area contributed by atoms with E-state index in [1.165, 1.54) is 24.6 Å². The molecule has 0 unspecified atom stereocenters. The third-order valence-electron chi connectivity index (χ3n) is 5.34. The van der Waals surface area contributed by atoms with E-state index in [0.717, 1.165) is 29.7 Å². The molecule has 10 heteroatoms. The fraction of sp³-hybridized carbons (Fsp3) is 0.227. The van der Waals surface area contributed by atoms with E-state index in [0.29, 0.717) is 33.6 Å². The molecular weight excluding hydrogens is 476 g/mol. The normalized spacial score (nSPS) is 13.7. The van der Waals surface area contributed by atoms with Crippen LogP contribution in [0.1, 0.15) is 23.1 Å². The van der Waals surface area contributed by atoms with E-state index in [-0.39, 0.29) is 12.2 Å². The molecule has 0 radical (unpaired) electrons. The Morgan fingerprint density at radius 3 is 2.72 bits per heavy atom. The topological polar surface area (TPSA) is 62.3 Å². The molecule has 2 heterocycles. The maximum Gasteiger partial charge on any atom is 0.287 e. The third kappa shape index (κ3) is 4.69. The van der Waals surface area contributed by atoms with Crippen molar-refractivity contribution in [3.05, 3.63) is 82.0 Å². The zero-order chi connectivity index (χ0) is 22.9. The van der Waals surface area contributed by atoms with Crippen LogP contribution in [0.2, 0.25) is 5.02 Å². The van der Waals surface area contributed by atoms with Gasteiger partial charge in [0, 0.05) is 29.9 Å². The molecule has 0 bridgehead atoms. The number of fused-ring (bicyclic) bond motifs is 1. The highest BCUT2D eigenvalue weighted by atomic mass is 35.5. The quantitative estimate of drug-likeness (QED) is 0.444. The highest BCUT2D eigenvalue weighted by Gasteiger charge is 2.24. The fourth-order valence-electron chi connectivity index (χ4n) is 3.87. The van der Waals surface area contributed by atoms with Gasteiger partial charge in [0.25, 0.3) is 9.06 Å². The van der Waals surface area contributed by atoms with E-state index in [9.17, 15) is 12.8 Å². The van der Waals surface area contributed by atoms with Crippen LogP contribution >= 0.6 is 22.4 Å². The molecule has 0 spiro atoms. The number of anilines is 3. The summed E-state index contributed by atoms with van der Waals surface area (Å²) in [4.78, 5) is 5.74. The summed E-state index contributed by atoms with van der Waals surface area (Å²) in [6.07, 6.45) is 4.60. The molecule has 1 aliphatic rings. The largest absolute Gasteiger partial charge is 0.339 e. The minimum atomic E-state index is -3.73. The molecule has 0 amide bonds. The minimum Gasteiger partial charge on any atom is -0.339 e. The highest BCUT2D eigenvalue weighted by molar-refractivity contribution is 8.72. The van der Waals surface area contributed by atoms with E-state index < -0.39 is 20.7 Å². The van der Waals surface area contributed by atoms with Crippen LogP contribution < -0.4 is 9.62 Å². The monoisotopic (exact) mass is 495 g/mol. The molecule has 0 fully saturated rings. The van der Waals surface area contributed by atoms with Crippen LogP contribution in [0.15, 0.2) is 48.7 Å². The smallest absolute Gasteiger partial charge is 0.287 e. The van der Waals surface area contributed by atoms with Gasteiger partial charge in [-0.3, -0.25) is 4.72 Å². The number of halogens is 3. The van der Waals surface area contributed by atoms with E-state index >= 15 is 4.39 Å². The Labute approximate surface area is 194 Å². The van der Waals surface area contributed by atoms with Gasteiger partial charge in [-0.05, 0) is 76.9 Å². The molecule has 1 aromatic heterocycles. The second-order valence-electron chi connectivity index (χ2n) is 7.30. The number of hydrogen-bond acceptors (Lipinski definition) is 5. The Hall–Kier alpha value is -2.36. The summed E-state index contributed by atoms with van der Waals surface area (Å²) in [7, 11) is -3.16. The minimum absolute atomic E-state index is 0.252. The van der Waals surface area contributed by atoms with Gasteiger partial charge in [-0.2, -0.15) is 8.42 Å². The fourth-order valence-corrected chi connectivity index (χ4v) is 4.98. The van der Waals surface area contributed by atoms with Gasteiger partial charge in [-0.15, -0.1) is 0 Å². The highest BCUT2D eigenvalue weighted by Crippen LogP contribution is 2.38. The summed E-state index contributed by atoms with van der Waals surface area (Å²) in [5, 5.41) is 0.332. The average Bonchev–Trinajstić information content (AvgIpc) is 2.76. The SMILES string of the molecule is CSS(=O)(=O)Nc1nccc(Cc2cccc3c2CCCN3c2ccc(Cl)cc2F)c1F. The van der Waals surface area contributed by atoms with Crippen LogP contribution in [-0.2, 0) is 21.9 Å². The summed E-state index contributed by atoms with van der Waals surface area (Å²) in [6, 6.07) is 11.8. The summed E-state index contributed by atoms with van der Waals surface area (Å²) in [5.41, 5.74) is 3.53. The summed E-state index contributed by atoms with van der Waals surface area (Å²) in [6.45, 7) is 0.652. The van der Waals surface area contributed by atoms with E-state index in [2.05, 4.69) is 9.71 Å². The van der Waals surface area contributed by atoms with Gasteiger partial charge < -0.3 is 4.90 Å². The lowest BCUT2D eigenvalue weighted by Crippen LogP contribution is -2.26. The predicted molar refractivity (Wildman–Crippen MR) is 126 cm³/mol. The maximum absolute atomic E-state index is 15.0. The van der Waals surface area contributed by atoms with Crippen molar-refractivity contribution in [2.75, 3.05) is 22.4 Å². The first-order valence-corrected chi connectivity index (χ1v) is 13.4. The van der Waals surface area contributed by atoms with Crippen molar-refractivity contribution in [1.82, 2.24) is 4.98 Å². The van der Waals surface area contributed by atoms with E-state index in [1.54, 1.807) is 12.1 Å². The molecule has 5 nitrogen and oxygen atoms in total. The molecule has 4 rings (SSSR count). The Morgan fingerprint density at radius 1 is 1.16 bits per heavy atom. The van der Waals surface area contributed by atoms with Gasteiger partial charge in [0.15, 0.2) is 11.6 Å². The molecule has 0 aliphatic carbocycles. The van der Waals surface area contributed by atoms with Crippen LogP contribution in [0.3, 0.4) is 0 Å². The van der Waals surface area contributed by atoms with Crippen LogP contribution in [0.25, 0.3) is 0 Å². The number of benzene rings is 2. The number of nitrogens with zero attached hydrogens (tertiary/aromatic N) is 2. The summed E-state index contributed by atoms with van der Waals surface area (Å²) in [5.74, 6) is -1.44. The Kier molecular flexibility index (Phi) is 6.60. The van der Waals surface area contributed by atoms with Gasteiger partial charge in [-0.25, -0.2) is 13.8 Å². The van der Waals surface area contributed by atoms with Gasteiger partial charge >= 0.3 is 0 Å². The summed E-state index contributed by atoms with van der Waals surface area (Å²) < 4.78 is 55.4. The molecule has 0 atom stereocenters. The molecule has 1 N–H and O–H groups in total. The third-order valence-corrected chi connectivity index (χ3v) is 8.02. The standard InChI is InChI=1S/C22H20ClF2N3O2S2/c1-31-32(29,30)27-22-21(25)15(9-10-26-22)12-14-4-2-6-19-17(14)5-3-11-28(19)20-8-7-16(23)13-18(20)24/h2,4,6-10,13H,3,5,11-12H2,1H3,(H,26,27). The molecule has 0 saturated heterocycles. The molecular formula is C22H20ClF2N3O2S2. The van der Waals surface area contributed by atoms with Crippen LogP contribution in [0.4, 0.5) is 26.0 Å². The Bertz CT molecular complexity index is 1270. The van der Waals surface area contributed by atoms with Gasteiger partial charge in [0.1, 0.15) is 5.82 Å². The number of hydrogen-bond donors (Lipinski definition) is 1. The molecule has 32 heavy (non-hydrogen) atoms. The first kappa shape index (κ1) is 22.8. The number of nitrogens with one attached hydrogen (secondary N) is 1. The van der Waals surface area contributed by atoms with Gasteiger partial charge in [0.2, 0.25) is 0 Å². The molecule has 3 aromatic rings. The van der Waals surface area contributed by atoms with Crippen LogP contribution in [-0.4, -0.2) is 26.2 Å². The van der Waals surface area contributed by atoms with Crippen LogP contribution in [0, 0.1) is 11.6 Å². The Balaban J connectivity index is 1.69. The second kappa shape index (κ2) is 9.25. The van der Waals surface area contributed by atoms with Crippen molar-refractivity contribution < 1.29 is 17.2 Å². The van der Waals surface area contributed by atoms with Crippen molar-refractivity contribution >= 4 is 48.6 Å². The lowest BCUT2D eigenvalue weighted by molar-refractivity contribution is 0.604. The van der Waals surface area contributed by atoms with E-state index in [1.807, 2.05) is 23.1 Å². The molecule has 168 valence electrons. The first-order valence-electron chi connectivity index (χ1n) is 9.84. The van der Waals surface area contributed by atoms with Crippen molar-refractivity contribution in [3.63, 3.8) is 0 Å². The van der Waals surface area contributed by atoms with Gasteiger partial charge in [-0.1, -0.05) is 23.7 Å². The predicted octanol–water partition coefficient (Wildman–Crippen LogP) is 5.71. The zero-order valence-electron chi connectivity index (χ0n) is 17.1. The Morgan fingerprint density at radius 2 is 1.97 bits per heavy atom. The number of aromatic nitrogens is 1. The zero-order valence-corrected chi connectivity index (χ0v) is 19.5. The number of rotatable bonds is 6. The van der Waals surface area contributed by atoms with Crippen molar-refractivity contribution in [1.29, 1.82) is 0 Å². The van der Waals surface area contributed by atoms with Crippen molar-refractivity contribution in [2.45, 2.75) is 19.3 Å². The van der Waals surface area contributed by atoms with E-state index in [4.69, 9.17) is 11.6 Å². The lowest BCUT2D eigenvalue weighted by atomic mass is 9.92. The average molecular weight is 496 g/mol. The maximum atomic E-state index is 15.0. The molecule has 0 saturated carbocycles. The van der Waals surface area contributed by atoms with Crippen molar-refractivity contribution in [2.24, 2.45) is 0 Å². The van der Waals surface area contributed by atoms with Gasteiger partial charge in [0.05, 0.1) is 5.69 Å². The second-order valence-corrected chi connectivity index (χ2v) is 11.5. The number of pyridine rings is 1. The lowest BCUT2D eigenvalue weighted by Gasteiger charge is -2.33. The summed E-state index contributed by atoms with van der Waals surface area (Å²) >= 11 is 5.91. The first-order chi connectivity index (χ1) is 15.3.